The molecule has 18 heavy (non-hydrogen) atoms. The number of hydrogen-bond donors (Lipinski definition) is 0. The average Bonchev–Trinajstić information content (AvgIpc) is 2.44. The van der Waals surface area contributed by atoms with Gasteiger partial charge in [0.15, 0.2) is 0 Å². The minimum atomic E-state index is 0.806. The molecule has 98 valence electrons. The van der Waals surface area contributed by atoms with E-state index in [1.165, 1.54) is 34.1 Å². The van der Waals surface area contributed by atoms with Crippen LogP contribution in [0.15, 0.2) is 0 Å². The zero-order chi connectivity index (χ0) is 12.5. The van der Waals surface area contributed by atoms with Crippen LogP contribution in [0.3, 0.4) is 0 Å². The van der Waals surface area contributed by atoms with Gasteiger partial charge in [-0.3, -0.25) is 0 Å². The molecular formula is C14H18Se4. The molecule has 0 fully saturated rings. The van der Waals surface area contributed by atoms with E-state index in [0.29, 0.717) is 0 Å². The number of benzene rings is 1. The Morgan fingerprint density at radius 1 is 0.611 bits per heavy atom. The van der Waals surface area contributed by atoms with Crippen LogP contribution in [0.5, 0.6) is 0 Å². The van der Waals surface area contributed by atoms with Crippen molar-refractivity contribution in [1.29, 1.82) is 0 Å². The molecule has 0 spiro atoms. The maximum absolute atomic E-state index is 2.40. The van der Waals surface area contributed by atoms with Crippen molar-refractivity contribution >= 4 is 77.7 Å². The molecule has 2 aliphatic rings. The third kappa shape index (κ3) is 2.45. The van der Waals surface area contributed by atoms with Crippen LogP contribution >= 0.6 is 0 Å². The number of fused-ring (bicyclic) bond motifs is 2. The van der Waals surface area contributed by atoms with E-state index in [-0.39, 0.29) is 0 Å². The van der Waals surface area contributed by atoms with E-state index in [4.69, 9.17) is 0 Å². The summed E-state index contributed by atoms with van der Waals surface area (Å²) in [4.78, 5) is 0. The van der Waals surface area contributed by atoms with Gasteiger partial charge in [0.1, 0.15) is 0 Å². The van der Waals surface area contributed by atoms with Gasteiger partial charge in [-0.05, 0) is 0 Å². The second-order valence-corrected chi connectivity index (χ2v) is 13.6. The van der Waals surface area contributed by atoms with Gasteiger partial charge in [0, 0.05) is 0 Å². The molecule has 0 nitrogen and oxygen atoms in total. The Labute approximate surface area is 135 Å². The van der Waals surface area contributed by atoms with E-state index in [9.17, 15) is 0 Å². The Bertz CT molecular complexity index is 361. The SMILES string of the molecule is CCc1c2c(c(CC)c3c1[Se]CC[Se]3)[Se]CC[Se]2. The molecule has 1 aromatic carbocycles. The summed E-state index contributed by atoms with van der Waals surface area (Å²) >= 11 is 3.22. The third-order valence-electron chi connectivity index (χ3n) is 3.37. The van der Waals surface area contributed by atoms with E-state index in [1.807, 2.05) is 29.0 Å². The first-order valence-corrected chi connectivity index (χ1v) is 14.9. The van der Waals surface area contributed by atoms with Crippen LogP contribution in [0, 0.1) is 0 Å². The Balaban J connectivity index is 2.26. The maximum atomic E-state index is 2.40. The van der Waals surface area contributed by atoms with Crippen molar-refractivity contribution in [2.24, 2.45) is 0 Å². The molecule has 2 heterocycles. The second kappa shape index (κ2) is 6.38. The number of rotatable bonds is 2. The van der Waals surface area contributed by atoms with Crippen molar-refractivity contribution in [1.82, 2.24) is 0 Å². The zero-order valence-corrected chi connectivity index (χ0v) is 17.7. The van der Waals surface area contributed by atoms with Gasteiger partial charge in [-0.2, -0.15) is 0 Å². The minimum absolute atomic E-state index is 0.806. The summed E-state index contributed by atoms with van der Waals surface area (Å²) in [6, 6.07) is 0. The molecular weight excluding hydrogens is 484 g/mol. The topological polar surface area (TPSA) is 0 Å². The summed E-state index contributed by atoms with van der Waals surface area (Å²) in [5.74, 6) is 0. The van der Waals surface area contributed by atoms with Crippen LogP contribution < -0.4 is 17.8 Å². The van der Waals surface area contributed by atoms with Crippen LogP contribution in [0.2, 0.25) is 21.3 Å². The van der Waals surface area contributed by atoms with E-state index in [1.54, 1.807) is 0 Å². The molecule has 0 aliphatic carbocycles. The molecule has 2 aliphatic heterocycles. The fourth-order valence-electron chi connectivity index (χ4n) is 2.58. The van der Waals surface area contributed by atoms with Crippen molar-refractivity contribution in [3.05, 3.63) is 11.1 Å². The first kappa shape index (κ1) is 14.2. The van der Waals surface area contributed by atoms with E-state index < -0.39 is 0 Å². The van der Waals surface area contributed by atoms with Crippen molar-refractivity contribution in [2.45, 2.75) is 48.0 Å². The molecule has 0 radical (unpaired) electrons. The molecule has 0 bridgehead atoms. The van der Waals surface area contributed by atoms with E-state index >= 15 is 0 Å². The molecule has 0 aromatic heterocycles. The summed E-state index contributed by atoms with van der Waals surface area (Å²) in [5.41, 5.74) is 3.70. The molecule has 0 unspecified atom stereocenters. The molecule has 0 saturated carbocycles. The van der Waals surface area contributed by atoms with Crippen LogP contribution in [-0.2, 0) is 12.8 Å². The summed E-state index contributed by atoms with van der Waals surface area (Å²) < 4.78 is 7.58. The monoisotopic (exact) mass is 506 g/mol. The van der Waals surface area contributed by atoms with E-state index in [0.717, 1.165) is 59.8 Å². The van der Waals surface area contributed by atoms with Crippen molar-refractivity contribution < 1.29 is 0 Å². The Morgan fingerprint density at radius 2 is 0.889 bits per heavy atom. The summed E-state index contributed by atoms with van der Waals surface area (Å²) in [7, 11) is 0. The molecule has 0 atom stereocenters. The zero-order valence-electron chi connectivity index (χ0n) is 10.9. The van der Waals surface area contributed by atoms with Crippen LogP contribution in [0.4, 0.5) is 0 Å². The van der Waals surface area contributed by atoms with Crippen LogP contribution in [0.25, 0.3) is 0 Å². The van der Waals surface area contributed by atoms with Gasteiger partial charge in [-0.1, -0.05) is 0 Å². The van der Waals surface area contributed by atoms with Gasteiger partial charge in [-0.15, -0.1) is 0 Å². The molecule has 0 saturated heterocycles. The van der Waals surface area contributed by atoms with Gasteiger partial charge in [-0.25, -0.2) is 0 Å². The Morgan fingerprint density at radius 3 is 1.11 bits per heavy atom. The van der Waals surface area contributed by atoms with Gasteiger partial charge >= 0.3 is 137 Å². The van der Waals surface area contributed by atoms with Gasteiger partial charge < -0.3 is 0 Å². The number of hydrogen-bond acceptors (Lipinski definition) is 0. The predicted molar refractivity (Wildman–Crippen MR) is 86.0 cm³/mol. The fourth-order valence-corrected chi connectivity index (χ4v) is 17.5. The normalized spacial score (nSPS) is 18.3. The molecule has 0 amide bonds. The fraction of sp³-hybridized carbons (Fsp3) is 0.571. The summed E-state index contributed by atoms with van der Waals surface area (Å²) in [6.07, 6.45) is 2.62. The first-order valence-electron chi connectivity index (χ1n) is 6.59. The van der Waals surface area contributed by atoms with Crippen molar-refractivity contribution in [3.63, 3.8) is 0 Å². The van der Waals surface area contributed by atoms with Crippen molar-refractivity contribution in [3.8, 4) is 0 Å². The van der Waals surface area contributed by atoms with Gasteiger partial charge in [0.2, 0.25) is 0 Å². The molecule has 1 aromatic rings. The Hall–Kier alpha value is 1.30. The summed E-state index contributed by atoms with van der Waals surface area (Å²) in [5, 5.41) is 6.08. The van der Waals surface area contributed by atoms with Crippen molar-refractivity contribution in [2.75, 3.05) is 0 Å². The first-order chi connectivity index (χ1) is 8.86. The third-order valence-corrected chi connectivity index (χ3v) is 16.9. The Kier molecular flexibility index (Phi) is 5.05. The average molecular weight is 502 g/mol. The second-order valence-electron chi connectivity index (χ2n) is 4.37. The molecule has 4 heteroatoms. The molecule has 3 rings (SSSR count). The molecule has 0 N–H and O–H groups in total. The quantitative estimate of drug-likeness (QED) is 0.494. The van der Waals surface area contributed by atoms with E-state index in [2.05, 4.69) is 13.8 Å². The predicted octanol–water partition coefficient (Wildman–Crippen LogP) is -0.170. The standard InChI is InChI=1S/C14H18Se4/c1-3-9-11-13(17-7-5-15-11)10(4-2)14-12(9)16-6-8-18-14/h3-8H2,1-2H3. The van der Waals surface area contributed by atoms with Crippen LogP contribution in [0.1, 0.15) is 25.0 Å². The van der Waals surface area contributed by atoms with Crippen LogP contribution in [-0.4, -0.2) is 59.8 Å². The summed E-state index contributed by atoms with van der Waals surface area (Å²) in [6.45, 7) is 4.80. The van der Waals surface area contributed by atoms with Gasteiger partial charge in [0.05, 0.1) is 0 Å². The van der Waals surface area contributed by atoms with Gasteiger partial charge in [0.25, 0.3) is 0 Å².